The van der Waals surface area contributed by atoms with Crippen molar-refractivity contribution in [1.82, 2.24) is 9.55 Å². The zero-order chi connectivity index (χ0) is 18.9. The average molecular weight is 362 g/mol. The highest BCUT2D eigenvalue weighted by Crippen LogP contribution is 2.32. The first kappa shape index (κ1) is 16.8. The zero-order valence-corrected chi connectivity index (χ0v) is 16.0. The molecule has 1 aromatic heterocycles. The van der Waals surface area contributed by atoms with E-state index < -0.39 is 0 Å². The van der Waals surface area contributed by atoms with Gasteiger partial charge in [-0.2, -0.15) is 0 Å². The number of benzene rings is 3. The molecule has 1 aliphatic carbocycles. The van der Waals surface area contributed by atoms with Crippen molar-refractivity contribution >= 4 is 27.5 Å². The lowest BCUT2D eigenvalue weighted by molar-refractivity contribution is 1.06. The smallest absolute Gasteiger partial charge is 0.145 e. The first-order chi connectivity index (χ1) is 13.8. The normalized spacial score (nSPS) is 18.4. The number of hydrogen-bond acceptors (Lipinski definition) is 1. The molecule has 1 heterocycles. The molecule has 2 nitrogen and oxygen atoms in total. The lowest BCUT2D eigenvalue weighted by Crippen LogP contribution is -2.00. The van der Waals surface area contributed by atoms with Crippen LogP contribution in [0.3, 0.4) is 0 Å². The van der Waals surface area contributed by atoms with Crippen LogP contribution in [0.5, 0.6) is 0 Å². The molecule has 0 atom stereocenters. The van der Waals surface area contributed by atoms with Crippen LogP contribution >= 0.6 is 0 Å². The highest BCUT2D eigenvalue weighted by molar-refractivity contribution is 5.90. The highest BCUT2D eigenvalue weighted by atomic mass is 15.1. The molecule has 2 heteroatoms. The molecule has 0 aliphatic heterocycles. The Kier molecular flexibility index (Phi) is 4.17. The van der Waals surface area contributed by atoms with Crippen molar-refractivity contribution in [3.8, 4) is 11.4 Å². The third-order valence-corrected chi connectivity index (χ3v) is 5.30. The standard InChI is InChI=1S/C26H22N2/c1-19-13-14-21-18-22(16-15-20(21)17-19)26-27-24-11-7-8-12-25(24)28(26)23-9-5-3-2-4-6-10-23/h2-5,7-8,10-18H,6,9H2,1H3/b4-2-,5-3-,23-10+. The minimum Gasteiger partial charge on any atom is -0.296 e. The molecule has 0 saturated heterocycles. The van der Waals surface area contributed by atoms with E-state index in [-0.39, 0.29) is 0 Å². The third-order valence-electron chi connectivity index (χ3n) is 5.30. The summed E-state index contributed by atoms with van der Waals surface area (Å²) in [6.07, 6.45) is 12.8. The molecule has 0 unspecified atom stereocenters. The quantitative estimate of drug-likeness (QED) is 0.379. The van der Waals surface area contributed by atoms with Crippen molar-refractivity contribution in [2.24, 2.45) is 0 Å². The van der Waals surface area contributed by atoms with Crippen LogP contribution < -0.4 is 0 Å². The van der Waals surface area contributed by atoms with Gasteiger partial charge < -0.3 is 0 Å². The van der Waals surface area contributed by atoms with E-state index in [0.717, 1.165) is 35.3 Å². The predicted molar refractivity (Wildman–Crippen MR) is 119 cm³/mol. The van der Waals surface area contributed by atoms with E-state index in [1.165, 1.54) is 22.0 Å². The molecule has 0 saturated carbocycles. The Hall–Kier alpha value is -3.39. The number of hydrogen-bond donors (Lipinski definition) is 0. The molecule has 5 rings (SSSR count). The molecule has 0 bridgehead atoms. The van der Waals surface area contributed by atoms with Gasteiger partial charge in [0.1, 0.15) is 5.82 Å². The van der Waals surface area contributed by atoms with Crippen LogP contribution in [0.4, 0.5) is 0 Å². The molecule has 136 valence electrons. The van der Waals surface area contributed by atoms with Crippen LogP contribution in [0, 0.1) is 6.92 Å². The molecule has 4 aromatic rings. The SMILES string of the molecule is Cc1ccc2cc(-c3nc4ccccc4n3/C3=C/C/C=C\C=C/C3)ccc2c1. The monoisotopic (exact) mass is 362 g/mol. The third kappa shape index (κ3) is 2.97. The van der Waals surface area contributed by atoms with Gasteiger partial charge in [-0.1, -0.05) is 78.4 Å². The largest absolute Gasteiger partial charge is 0.296 e. The predicted octanol–water partition coefficient (Wildman–Crippen LogP) is 6.91. The van der Waals surface area contributed by atoms with Gasteiger partial charge in [-0.3, -0.25) is 4.57 Å². The number of rotatable bonds is 2. The minimum atomic E-state index is 0.893. The van der Waals surface area contributed by atoms with Crippen LogP contribution in [-0.4, -0.2) is 9.55 Å². The van der Waals surface area contributed by atoms with Gasteiger partial charge in [0.2, 0.25) is 0 Å². The van der Waals surface area contributed by atoms with E-state index in [2.05, 4.69) is 103 Å². The number of nitrogens with zero attached hydrogens (tertiary/aromatic N) is 2. The molecule has 0 N–H and O–H groups in total. The Labute approximate surface area is 165 Å². The number of imidazole rings is 1. The fraction of sp³-hybridized carbons (Fsp3) is 0.115. The fourth-order valence-electron chi connectivity index (χ4n) is 3.91. The molecule has 3 aromatic carbocycles. The van der Waals surface area contributed by atoms with Gasteiger partial charge in [-0.15, -0.1) is 0 Å². The summed E-state index contributed by atoms with van der Waals surface area (Å²) in [5.41, 5.74) is 5.89. The molecule has 0 amide bonds. The molecule has 1 aliphatic rings. The van der Waals surface area contributed by atoms with Crippen LogP contribution in [0.2, 0.25) is 0 Å². The Morgan fingerprint density at radius 2 is 1.68 bits per heavy atom. The van der Waals surface area contributed by atoms with E-state index in [0.29, 0.717) is 0 Å². The number of para-hydroxylation sites is 2. The van der Waals surface area contributed by atoms with Gasteiger partial charge in [-0.05, 0) is 42.3 Å². The van der Waals surface area contributed by atoms with Gasteiger partial charge in [0.15, 0.2) is 0 Å². The maximum atomic E-state index is 5.02. The summed E-state index contributed by atoms with van der Waals surface area (Å²) in [5, 5.41) is 2.51. The van der Waals surface area contributed by atoms with E-state index in [1.807, 2.05) is 0 Å². The van der Waals surface area contributed by atoms with Crippen molar-refractivity contribution in [1.29, 1.82) is 0 Å². The Bertz CT molecular complexity index is 1270. The molecule has 0 spiro atoms. The molecular weight excluding hydrogens is 340 g/mol. The first-order valence-electron chi connectivity index (χ1n) is 9.79. The van der Waals surface area contributed by atoms with Gasteiger partial charge in [-0.25, -0.2) is 4.98 Å². The summed E-state index contributed by atoms with van der Waals surface area (Å²) in [6, 6.07) is 21.7. The van der Waals surface area contributed by atoms with Crippen LogP contribution in [-0.2, 0) is 0 Å². The number of allylic oxidation sites excluding steroid dienone is 6. The maximum Gasteiger partial charge on any atom is 0.145 e. The first-order valence-corrected chi connectivity index (χ1v) is 9.79. The van der Waals surface area contributed by atoms with Gasteiger partial charge in [0.25, 0.3) is 0 Å². The Morgan fingerprint density at radius 3 is 2.64 bits per heavy atom. The summed E-state index contributed by atoms with van der Waals surface area (Å²) in [6.45, 7) is 2.13. The topological polar surface area (TPSA) is 17.8 Å². The summed E-state index contributed by atoms with van der Waals surface area (Å²) >= 11 is 0. The molecule has 0 fully saturated rings. The van der Waals surface area contributed by atoms with Crippen molar-refractivity contribution in [2.75, 3.05) is 0 Å². The van der Waals surface area contributed by atoms with E-state index in [1.54, 1.807) is 0 Å². The average Bonchev–Trinajstić information content (AvgIpc) is 3.07. The highest BCUT2D eigenvalue weighted by Gasteiger charge is 2.15. The minimum absolute atomic E-state index is 0.893. The van der Waals surface area contributed by atoms with Gasteiger partial charge in [0, 0.05) is 17.7 Å². The number of aryl methyl sites for hydroxylation is 1. The molecule has 0 radical (unpaired) electrons. The molecule has 28 heavy (non-hydrogen) atoms. The van der Waals surface area contributed by atoms with Crippen molar-refractivity contribution in [2.45, 2.75) is 19.8 Å². The number of aromatic nitrogens is 2. The van der Waals surface area contributed by atoms with Gasteiger partial charge in [0.05, 0.1) is 11.0 Å². The summed E-state index contributed by atoms with van der Waals surface area (Å²) in [7, 11) is 0. The number of fused-ring (bicyclic) bond motifs is 2. The van der Waals surface area contributed by atoms with Crippen LogP contribution in [0.1, 0.15) is 18.4 Å². The second-order valence-corrected chi connectivity index (χ2v) is 7.32. The second-order valence-electron chi connectivity index (χ2n) is 7.32. The van der Waals surface area contributed by atoms with Crippen molar-refractivity contribution in [3.63, 3.8) is 0 Å². The fourth-order valence-corrected chi connectivity index (χ4v) is 3.91. The summed E-state index contributed by atoms with van der Waals surface area (Å²) in [4.78, 5) is 5.02. The maximum absolute atomic E-state index is 5.02. The van der Waals surface area contributed by atoms with Crippen LogP contribution in [0.15, 0.2) is 91.0 Å². The zero-order valence-electron chi connectivity index (χ0n) is 16.0. The lowest BCUT2D eigenvalue weighted by atomic mass is 10.0. The van der Waals surface area contributed by atoms with Crippen molar-refractivity contribution < 1.29 is 0 Å². The Morgan fingerprint density at radius 1 is 0.857 bits per heavy atom. The van der Waals surface area contributed by atoms with E-state index in [9.17, 15) is 0 Å². The Balaban J connectivity index is 1.74. The van der Waals surface area contributed by atoms with Crippen molar-refractivity contribution in [3.05, 3.63) is 96.6 Å². The summed E-state index contributed by atoms with van der Waals surface area (Å²) in [5.74, 6) is 1.01. The lowest BCUT2D eigenvalue weighted by Gasteiger charge is -2.14. The van der Waals surface area contributed by atoms with Gasteiger partial charge >= 0.3 is 0 Å². The second kappa shape index (κ2) is 6.97. The van der Waals surface area contributed by atoms with Crippen LogP contribution in [0.25, 0.3) is 38.9 Å². The molecular formula is C26H22N2. The summed E-state index contributed by atoms with van der Waals surface area (Å²) < 4.78 is 2.33. The van der Waals surface area contributed by atoms with E-state index in [4.69, 9.17) is 4.98 Å². The van der Waals surface area contributed by atoms with E-state index >= 15 is 0 Å².